The first-order valence-electron chi connectivity index (χ1n) is 5.03. The molecule has 1 amide bonds. The van der Waals surface area contributed by atoms with Crippen LogP contribution >= 0.6 is 11.3 Å². The monoisotopic (exact) mass is 236 g/mol. The Kier molecular flexibility index (Phi) is 2.70. The number of amides is 1. The van der Waals surface area contributed by atoms with Gasteiger partial charge >= 0.3 is 0 Å². The van der Waals surface area contributed by atoms with Crippen LogP contribution in [0.3, 0.4) is 0 Å². The maximum absolute atomic E-state index is 11.6. The molecule has 1 aromatic rings. The van der Waals surface area contributed by atoms with Crippen LogP contribution in [0, 0.1) is 25.2 Å². The average molecular weight is 236 g/mol. The van der Waals surface area contributed by atoms with E-state index in [4.69, 9.17) is 5.26 Å². The van der Waals surface area contributed by atoms with Crippen molar-refractivity contribution >= 4 is 22.2 Å². The Labute approximate surface area is 97.7 Å². The molecule has 0 aromatic carbocycles. The number of nitrogens with zero attached hydrogens (tertiary/aromatic N) is 2. The topological polar surface area (TPSA) is 64.3 Å². The second kappa shape index (κ2) is 3.89. The summed E-state index contributed by atoms with van der Waals surface area (Å²) in [4.78, 5) is 14.2. The van der Waals surface area contributed by atoms with Gasteiger partial charge in [-0.15, -0.1) is 11.3 Å². The number of β-amino-alcohol motifs (C(OH)–C–C–N with tert-alkyl or cyclic N) is 1. The number of thiophene rings is 1. The summed E-state index contributed by atoms with van der Waals surface area (Å²) in [5.41, 5.74) is 1.49. The molecule has 0 bridgehead atoms. The molecule has 1 aliphatic rings. The van der Waals surface area contributed by atoms with E-state index < -0.39 is 6.10 Å². The average Bonchev–Trinajstić information content (AvgIpc) is 2.69. The van der Waals surface area contributed by atoms with Gasteiger partial charge < -0.3 is 5.11 Å². The molecule has 1 fully saturated rings. The van der Waals surface area contributed by atoms with Crippen molar-refractivity contribution in [1.29, 1.82) is 5.26 Å². The fraction of sp³-hybridized carbons (Fsp3) is 0.455. The molecule has 0 saturated carbocycles. The fourth-order valence-corrected chi connectivity index (χ4v) is 2.95. The van der Waals surface area contributed by atoms with E-state index in [1.54, 1.807) is 0 Å². The van der Waals surface area contributed by atoms with Gasteiger partial charge in [0, 0.05) is 4.88 Å². The molecule has 1 aromatic heterocycles. The minimum Gasteiger partial charge on any atom is -0.391 e. The van der Waals surface area contributed by atoms with Gasteiger partial charge in [-0.3, -0.25) is 9.69 Å². The third-order valence-electron chi connectivity index (χ3n) is 2.83. The van der Waals surface area contributed by atoms with Crippen molar-refractivity contribution in [1.82, 2.24) is 0 Å². The highest BCUT2D eigenvalue weighted by Crippen LogP contribution is 2.36. The van der Waals surface area contributed by atoms with Crippen molar-refractivity contribution in [2.75, 3.05) is 11.4 Å². The summed E-state index contributed by atoms with van der Waals surface area (Å²) in [6.07, 6.45) is -0.456. The zero-order chi connectivity index (χ0) is 11.9. The molecule has 1 aliphatic heterocycles. The van der Waals surface area contributed by atoms with E-state index >= 15 is 0 Å². The number of carbonyl (C=O) groups excluding carboxylic acids is 1. The number of hydrogen-bond donors (Lipinski definition) is 1. The summed E-state index contributed by atoms with van der Waals surface area (Å²) in [6.45, 7) is 4.11. The van der Waals surface area contributed by atoms with Crippen molar-refractivity contribution in [2.45, 2.75) is 26.4 Å². The molecule has 4 nitrogen and oxygen atoms in total. The maximum Gasteiger partial charge on any atom is 0.230 e. The first kappa shape index (κ1) is 11.1. The van der Waals surface area contributed by atoms with E-state index in [-0.39, 0.29) is 12.3 Å². The molecule has 1 atom stereocenters. The summed E-state index contributed by atoms with van der Waals surface area (Å²) in [6, 6.07) is 2.13. The Bertz CT molecular complexity index is 487. The Morgan fingerprint density at radius 1 is 1.56 bits per heavy atom. The van der Waals surface area contributed by atoms with Gasteiger partial charge in [0.2, 0.25) is 5.91 Å². The van der Waals surface area contributed by atoms with Crippen molar-refractivity contribution in [2.24, 2.45) is 0 Å². The van der Waals surface area contributed by atoms with Gasteiger partial charge in [0.15, 0.2) is 0 Å². The summed E-state index contributed by atoms with van der Waals surface area (Å²) in [7, 11) is 0. The maximum atomic E-state index is 11.6. The second-order valence-corrected chi connectivity index (χ2v) is 5.14. The smallest absolute Gasteiger partial charge is 0.230 e. The molecule has 1 N–H and O–H groups in total. The van der Waals surface area contributed by atoms with Gasteiger partial charge in [-0.1, -0.05) is 0 Å². The van der Waals surface area contributed by atoms with Crippen LogP contribution < -0.4 is 4.90 Å². The molecule has 5 heteroatoms. The summed E-state index contributed by atoms with van der Waals surface area (Å²) < 4.78 is 0. The zero-order valence-electron chi connectivity index (χ0n) is 9.15. The lowest BCUT2D eigenvalue weighted by atomic mass is 10.2. The highest BCUT2D eigenvalue weighted by atomic mass is 32.1. The lowest BCUT2D eigenvalue weighted by Crippen LogP contribution is -2.25. The predicted octanol–water partition coefficient (Wildman–Crippen LogP) is 1.33. The lowest BCUT2D eigenvalue weighted by molar-refractivity contribution is -0.117. The highest BCUT2D eigenvalue weighted by molar-refractivity contribution is 7.16. The third-order valence-corrected chi connectivity index (χ3v) is 4.06. The van der Waals surface area contributed by atoms with Gasteiger partial charge in [-0.25, -0.2) is 0 Å². The number of anilines is 1. The summed E-state index contributed by atoms with van der Waals surface area (Å²) >= 11 is 1.44. The first-order valence-corrected chi connectivity index (χ1v) is 5.84. The van der Waals surface area contributed by atoms with Gasteiger partial charge in [-0.2, -0.15) is 5.26 Å². The Balaban J connectivity index is 2.46. The minimum atomic E-state index is -0.609. The van der Waals surface area contributed by atoms with Crippen LogP contribution in [0.25, 0.3) is 0 Å². The number of aryl methyl sites for hydroxylation is 1. The number of aliphatic hydroxyl groups is 1. The summed E-state index contributed by atoms with van der Waals surface area (Å²) in [5, 5.41) is 19.2. The van der Waals surface area contributed by atoms with Crippen LogP contribution in [0.2, 0.25) is 0 Å². The van der Waals surface area contributed by atoms with Crippen molar-refractivity contribution < 1.29 is 9.90 Å². The van der Waals surface area contributed by atoms with Crippen molar-refractivity contribution in [3.63, 3.8) is 0 Å². The molecule has 16 heavy (non-hydrogen) atoms. The highest BCUT2D eigenvalue weighted by Gasteiger charge is 2.32. The van der Waals surface area contributed by atoms with Crippen molar-refractivity contribution in [3.8, 4) is 6.07 Å². The normalized spacial score (nSPS) is 20.2. The van der Waals surface area contributed by atoms with Crippen molar-refractivity contribution in [3.05, 3.63) is 16.0 Å². The van der Waals surface area contributed by atoms with Gasteiger partial charge in [0.25, 0.3) is 0 Å². The number of nitriles is 1. The van der Waals surface area contributed by atoms with E-state index in [1.165, 1.54) is 16.2 Å². The fourth-order valence-electron chi connectivity index (χ4n) is 1.82. The molecular formula is C11H12N2O2S. The molecule has 0 spiro atoms. The second-order valence-electron chi connectivity index (χ2n) is 3.94. The Morgan fingerprint density at radius 3 is 2.75 bits per heavy atom. The largest absolute Gasteiger partial charge is 0.391 e. The van der Waals surface area contributed by atoms with E-state index in [2.05, 4.69) is 6.07 Å². The SMILES string of the molecule is Cc1sc(N2CC(O)CC2=O)c(C#N)c1C. The summed E-state index contributed by atoms with van der Waals surface area (Å²) in [5.74, 6) is -0.106. The van der Waals surface area contributed by atoms with E-state index in [1.807, 2.05) is 13.8 Å². The molecule has 1 saturated heterocycles. The molecular weight excluding hydrogens is 224 g/mol. The van der Waals surface area contributed by atoms with E-state index in [0.29, 0.717) is 17.1 Å². The van der Waals surface area contributed by atoms with Gasteiger partial charge in [0.05, 0.1) is 24.6 Å². The van der Waals surface area contributed by atoms with Crippen LogP contribution in [-0.4, -0.2) is 23.7 Å². The Hall–Kier alpha value is -1.38. The third kappa shape index (κ3) is 1.60. The number of carbonyl (C=O) groups is 1. The van der Waals surface area contributed by atoms with Gasteiger partial charge in [-0.05, 0) is 19.4 Å². The minimum absolute atomic E-state index is 0.106. The number of hydrogen-bond acceptors (Lipinski definition) is 4. The number of aliphatic hydroxyl groups excluding tert-OH is 1. The van der Waals surface area contributed by atoms with Gasteiger partial charge in [0.1, 0.15) is 11.1 Å². The standard InChI is InChI=1S/C11H12N2O2S/c1-6-7(2)16-11(9(6)4-12)13-5-8(14)3-10(13)15/h8,14H,3,5H2,1-2H3. The number of rotatable bonds is 1. The first-order chi connectivity index (χ1) is 7.54. The molecule has 1 unspecified atom stereocenters. The van der Waals surface area contributed by atoms with Crippen LogP contribution in [0.5, 0.6) is 0 Å². The lowest BCUT2D eigenvalue weighted by Gasteiger charge is -2.13. The molecule has 84 valence electrons. The van der Waals surface area contributed by atoms with Crippen LogP contribution in [0.15, 0.2) is 0 Å². The van der Waals surface area contributed by atoms with E-state index in [9.17, 15) is 9.90 Å². The van der Waals surface area contributed by atoms with Crippen LogP contribution in [-0.2, 0) is 4.79 Å². The van der Waals surface area contributed by atoms with Crippen LogP contribution in [0.4, 0.5) is 5.00 Å². The quantitative estimate of drug-likeness (QED) is 0.800. The van der Waals surface area contributed by atoms with Crippen LogP contribution in [0.1, 0.15) is 22.4 Å². The molecule has 2 heterocycles. The predicted molar refractivity (Wildman–Crippen MR) is 61.5 cm³/mol. The zero-order valence-corrected chi connectivity index (χ0v) is 9.97. The van der Waals surface area contributed by atoms with E-state index in [0.717, 1.165) is 10.4 Å². The Morgan fingerprint density at radius 2 is 2.25 bits per heavy atom. The molecule has 2 rings (SSSR count). The molecule has 0 radical (unpaired) electrons. The molecule has 0 aliphatic carbocycles.